The van der Waals surface area contributed by atoms with Gasteiger partial charge >= 0.3 is 0 Å². The number of amides is 1. The number of hydrogen-bond donors (Lipinski definition) is 1. The van der Waals surface area contributed by atoms with E-state index < -0.39 is 15.9 Å². The van der Waals surface area contributed by atoms with Crippen LogP contribution in [0.4, 0.5) is 5.69 Å². The largest absolute Gasteiger partial charge is 0.350 e. The Bertz CT molecular complexity index is 599. The van der Waals surface area contributed by atoms with Crippen molar-refractivity contribution in [3.8, 4) is 0 Å². The number of sulfone groups is 1. The van der Waals surface area contributed by atoms with E-state index in [1.165, 1.54) is 4.90 Å². The van der Waals surface area contributed by atoms with Crippen molar-refractivity contribution in [1.82, 2.24) is 5.32 Å². The highest BCUT2D eigenvalue weighted by Crippen LogP contribution is 2.20. The number of nitrogens with zero attached hydrogens (tertiary/aromatic N) is 1. The topological polar surface area (TPSA) is 66.5 Å². The van der Waals surface area contributed by atoms with Crippen molar-refractivity contribution in [2.75, 3.05) is 16.9 Å². The third-order valence-corrected chi connectivity index (χ3v) is 4.09. The summed E-state index contributed by atoms with van der Waals surface area (Å²) in [4.78, 5) is 13.6. The van der Waals surface area contributed by atoms with Crippen molar-refractivity contribution in [2.24, 2.45) is 0 Å². The van der Waals surface area contributed by atoms with Gasteiger partial charge in [0.1, 0.15) is 15.9 Å². The minimum atomic E-state index is -3.09. The number of rotatable bonds is 4. The lowest BCUT2D eigenvalue weighted by Crippen LogP contribution is -2.32. The Morgan fingerprint density at radius 2 is 1.95 bits per heavy atom. The summed E-state index contributed by atoms with van der Waals surface area (Å²) in [5.41, 5.74) is 0.687. The fourth-order valence-electron chi connectivity index (χ4n) is 1.88. The highest BCUT2D eigenvalue weighted by atomic mass is 32.2. The van der Waals surface area contributed by atoms with Crippen LogP contribution in [-0.4, -0.2) is 37.5 Å². The van der Waals surface area contributed by atoms with E-state index in [0.29, 0.717) is 10.8 Å². The first-order valence-corrected chi connectivity index (χ1v) is 8.22. The van der Waals surface area contributed by atoms with Crippen LogP contribution in [0.3, 0.4) is 0 Å². The van der Waals surface area contributed by atoms with Crippen LogP contribution in [0.15, 0.2) is 30.3 Å². The molecule has 0 aromatic heterocycles. The normalized spacial score (nSPS) is 19.6. The molecule has 2 rings (SSSR count). The van der Waals surface area contributed by atoms with Crippen LogP contribution in [0.1, 0.15) is 6.42 Å². The van der Waals surface area contributed by atoms with Crippen molar-refractivity contribution in [3.05, 3.63) is 30.3 Å². The van der Waals surface area contributed by atoms with E-state index in [1.807, 2.05) is 18.2 Å². The molecule has 7 heteroatoms. The molecule has 1 aliphatic heterocycles. The van der Waals surface area contributed by atoms with E-state index in [2.05, 4.69) is 5.32 Å². The van der Waals surface area contributed by atoms with E-state index in [-0.39, 0.29) is 18.1 Å². The molecule has 1 fully saturated rings. The number of benzene rings is 1. The number of anilines is 1. The monoisotopic (exact) mass is 298 g/mol. The van der Waals surface area contributed by atoms with Crippen molar-refractivity contribution < 1.29 is 13.2 Å². The second-order valence-corrected chi connectivity index (χ2v) is 7.08. The summed E-state index contributed by atoms with van der Waals surface area (Å²) in [6, 6.07) is 8.48. The number of para-hydroxylation sites is 1. The smallest absolute Gasteiger partial charge is 0.255 e. The van der Waals surface area contributed by atoms with Gasteiger partial charge in [-0.1, -0.05) is 18.2 Å². The van der Waals surface area contributed by atoms with Gasteiger partial charge < -0.3 is 5.32 Å². The van der Waals surface area contributed by atoms with Gasteiger partial charge in [-0.25, -0.2) is 8.42 Å². The Hall–Kier alpha value is -1.47. The molecule has 1 aromatic rings. The molecule has 1 amide bonds. The van der Waals surface area contributed by atoms with E-state index in [4.69, 9.17) is 12.2 Å². The highest BCUT2D eigenvalue weighted by Gasteiger charge is 2.36. The minimum Gasteiger partial charge on any atom is -0.350 e. The standard InChI is InChI=1S/C12H14N2O3S2/c1-19(16,17)8-7-10-11(15)14(12(18)13-10)9-5-3-2-4-6-9/h2-6,10H,7-8H2,1H3,(H,13,18)/t10-/m0/s1. The number of carbonyl (C=O) groups is 1. The summed E-state index contributed by atoms with van der Waals surface area (Å²) >= 11 is 5.13. The molecule has 1 aromatic carbocycles. The molecular formula is C12H14N2O3S2. The van der Waals surface area contributed by atoms with E-state index >= 15 is 0 Å². The van der Waals surface area contributed by atoms with Crippen LogP contribution >= 0.6 is 12.2 Å². The number of carbonyl (C=O) groups excluding carboxylic acids is 1. The van der Waals surface area contributed by atoms with Crippen LogP contribution in [-0.2, 0) is 14.6 Å². The highest BCUT2D eigenvalue weighted by molar-refractivity contribution is 7.90. The summed E-state index contributed by atoms with van der Waals surface area (Å²) in [7, 11) is -3.09. The van der Waals surface area contributed by atoms with Crippen LogP contribution in [0.2, 0.25) is 0 Å². The molecular weight excluding hydrogens is 284 g/mol. The first-order valence-electron chi connectivity index (χ1n) is 5.76. The first kappa shape index (κ1) is 14.0. The molecule has 1 heterocycles. The van der Waals surface area contributed by atoms with E-state index in [1.54, 1.807) is 12.1 Å². The minimum absolute atomic E-state index is 0.0400. The van der Waals surface area contributed by atoms with Gasteiger partial charge in [0.2, 0.25) is 0 Å². The van der Waals surface area contributed by atoms with Crippen molar-refractivity contribution in [2.45, 2.75) is 12.5 Å². The van der Waals surface area contributed by atoms with Crippen molar-refractivity contribution >= 4 is 38.8 Å². The van der Waals surface area contributed by atoms with Gasteiger partial charge in [-0.15, -0.1) is 0 Å². The van der Waals surface area contributed by atoms with Gasteiger partial charge in [-0.05, 0) is 30.8 Å². The molecule has 0 saturated carbocycles. The Labute approximate surface area is 117 Å². The fourth-order valence-corrected chi connectivity index (χ4v) is 2.88. The molecule has 0 bridgehead atoms. The molecule has 5 nitrogen and oxygen atoms in total. The second kappa shape index (κ2) is 5.26. The zero-order valence-corrected chi connectivity index (χ0v) is 12.0. The van der Waals surface area contributed by atoms with Crippen LogP contribution in [0, 0.1) is 0 Å². The Kier molecular flexibility index (Phi) is 3.86. The molecule has 0 unspecified atom stereocenters. The Balaban J connectivity index is 2.13. The molecule has 0 aliphatic carbocycles. The third kappa shape index (κ3) is 3.30. The number of hydrogen-bond acceptors (Lipinski definition) is 4. The van der Waals surface area contributed by atoms with Gasteiger partial charge in [-0.3, -0.25) is 9.69 Å². The van der Waals surface area contributed by atoms with Crippen molar-refractivity contribution in [3.63, 3.8) is 0 Å². The molecule has 0 radical (unpaired) electrons. The predicted molar refractivity (Wildman–Crippen MR) is 77.8 cm³/mol. The fraction of sp³-hybridized carbons (Fsp3) is 0.333. The second-order valence-electron chi connectivity index (χ2n) is 4.43. The molecule has 1 saturated heterocycles. The van der Waals surface area contributed by atoms with Crippen molar-refractivity contribution in [1.29, 1.82) is 0 Å². The molecule has 1 aliphatic rings. The summed E-state index contributed by atoms with van der Waals surface area (Å²) in [6.07, 6.45) is 1.38. The zero-order valence-electron chi connectivity index (χ0n) is 10.4. The third-order valence-electron chi connectivity index (χ3n) is 2.81. The lowest BCUT2D eigenvalue weighted by atomic mass is 10.2. The Morgan fingerprint density at radius 1 is 1.32 bits per heavy atom. The maximum atomic E-state index is 12.2. The van der Waals surface area contributed by atoms with Gasteiger partial charge in [0.15, 0.2) is 5.11 Å². The quantitative estimate of drug-likeness (QED) is 0.829. The van der Waals surface area contributed by atoms with E-state index in [0.717, 1.165) is 6.26 Å². The summed E-state index contributed by atoms with van der Waals surface area (Å²) in [6.45, 7) is 0. The average Bonchev–Trinajstić information content (AvgIpc) is 2.62. The van der Waals surface area contributed by atoms with Gasteiger partial charge in [0.25, 0.3) is 5.91 Å². The molecule has 102 valence electrons. The summed E-state index contributed by atoms with van der Waals surface area (Å²) in [5.74, 6) is -0.249. The average molecular weight is 298 g/mol. The maximum Gasteiger partial charge on any atom is 0.255 e. The SMILES string of the molecule is CS(=O)(=O)CC[C@@H]1NC(=S)N(c2ccccc2)C1=O. The predicted octanol–water partition coefficient (Wildman–Crippen LogP) is 0.711. The molecule has 19 heavy (non-hydrogen) atoms. The van der Waals surface area contributed by atoms with Crippen LogP contribution in [0.5, 0.6) is 0 Å². The van der Waals surface area contributed by atoms with Gasteiger partial charge in [-0.2, -0.15) is 0 Å². The van der Waals surface area contributed by atoms with Crippen LogP contribution < -0.4 is 10.2 Å². The van der Waals surface area contributed by atoms with E-state index in [9.17, 15) is 13.2 Å². The molecule has 0 spiro atoms. The number of nitrogens with one attached hydrogen (secondary N) is 1. The lowest BCUT2D eigenvalue weighted by molar-refractivity contribution is -0.118. The maximum absolute atomic E-state index is 12.2. The summed E-state index contributed by atoms with van der Waals surface area (Å²) < 4.78 is 22.3. The zero-order chi connectivity index (χ0) is 14.0. The Morgan fingerprint density at radius 3 is 2.53 bits per heavy atom. The van der Waals surface area contributed by atoms with Gasteiger partial charge in [0.05, 0.1) is 11.4 Å². The van der Waals surface area contributed by atoms with Crippen LogP contribution in [0.25, 0.3) is 0 Å². The number of thiocarbonyl (C=S) groups is 1. The molecule has 1 atom stereocenters. The van der Waals surface area contributed by atoms with Gasteiger partial charge in [0, 0.05) is 6.26 Å². The summed E-state index contributed by atoms with van der Waals surface area (Å²) in [5, 5.41) is 3.18. The first-order chi connectivity index (χ1) is 8.88. The lowest BCUT2D eigenvalue weighted by Gasteiger charge is -2.14. The molecule has 1 N–H and O–H groups in total.